The zero-order chi connectivity index (χ0) is 30.8. The van der Waals surface area contributed by atoms with Crippen molar-refractivity contribution >= 4 is 23.2 Å². The van der Waals surface area contributed by atoms with Crippen LogP contribution in [0.2, 0.25) is 0 Å². The number of rotatable bonds is 6. The van der Waals surface area contributed by atoms with Crippen LogP contribution in [0.15, 0.2) is 36.5 Å². The van der Waals surface area contributed by atoms with Crippen LogP contribution in [0.25, 0.3) is 0 Å². The molecule has 2 amide bonds. The topological polar surface area (TPSA) is 95.3 Å². The van der Waals surface area contributed by atoms with Crippen molar-refractivity contribution in [3.05, 3.63) is 52.2 Å². The molecule has 1 saturated heterocycles. The smallest absolute Gasteiger partial charge is 0.423 e. The molecule has 10 nitrogen and oxygen atoms in total. The van der Waals surface area contributed by atoms with E-state index < -0.39 is 22.4 Å². The number of aromatic nitrogens is 1. The fourth-order valence-corrected chi connectivity index (χ4v) is 5.36. The number of carbonyl (C=O) groups excluding carboxylic acids is 1. The number of hydrogen-bond acceptors (Lipinski definition) is 7. The molecule has 4 rings (SSSR count). The highest BCUT2D eigenvalue weighted by molar-refractivity contribution is 5.75. The Morgan fingerprint density at radius 1 is 1.02 bits per heavy atom. The Labute approximate surface area is 244 Å². The highest BCUT2D eigenvalue weighted by atomic mass is 19.4. The van der Waals surface area contributed by atoms with Crippen LogP contribution in [0.1, 0.15) is 52.0 Å². The summed E-state index contributed by atoms with van der Waals surface area (Å²) in [5.74, 6) is 1.49. The molecule has 0 radical (unpaired) electrons. The van der Waals surface area contributed by atoms with E-state index in [1.165, 1.54) is 6.07 Å². The van der Waals surface area contributed by atoms with Gasteiger partial charge < -0.3 is 24.3 Å². The largest absolute Gasteiger partial charge is 0.490 e. The average Bonchev–Trinajstić information content (AvgIpc) is 2.95. The van der Waals surface area contributed by atoms with Gasteiger partial charge in [0.05, 0.1) is 11.0 Å². The molecule has 1 aromatic heterocycles. The summed E-state index contributed by atoms with van der Waals surface area (Å²) in [5, 5.41) is 11.1. The minimum atomic E-state index is -4.82. The molecule has 2 heterocycles. The normalized spacial score (nSPS) is 19.8. The van der Waals surface area contributed by atoms with Crippen LogP contribution in [-0.4, -0.2) is 83.7 Å². The summed E-state index contributed by atoms with van der Waals surface area (Å²) < 4.78 is 46.6. The summed E-state index contributed by atoms with van der Waals surface area (Å²) in [6, 6.07) is 6.87. The van der Waals surface area contributed by atoms with Crippen molar-refractivity contribution in [1.82, 2.24) is 14.8 Å². The van der Waals surface area contributed by atoms with Gasteiger partial charge in [-0.3, -0.25) is 10.1 Å². The average molecular weight is 593 g/mol. The zero-order valence-electron chi connectivity index (χ0n) is 24.7. The van der Waals surface area contributed by atoms with Crippen molar-refractivity contribution in [1.29, 1.82) is 0 Å². The Morgan fingerprint density at radius 2 is 1.67 bits per heavy atom. The number of nitro groups is 1. The van der Waals surface area contributed by atoms with Gasteiger partial charge in [0.25, 0.3) is 5.69 Å². The number of amides is 2. The third-order valence-electron chi connectivity index (χ3n) is 8.27. The number of benzene rings is 1. The van der Waals surface area contributed by atoms with Gasteiger partial charge in [0.2, 0.25) is 0 Å². The SMILES string of the molecule is CN(C(=O)N1CCN(c2cc(O[C@H]3CC[C@H](N(C)c4ccc([N+](=O)[O-])c(C(F)(F)F)c4)CC3)ccn2)CC1)C(C)(C)C. The van der Waals surface area contributed by atoms with Gasteiger partial charge in [0.1, 0.15) is 17.1 Å². The van der Waals surface area contributed by atoms with Crippen LogP contribution >= 0.6 is 0 Å². The predicted molar refractivity (Wildman–Crippen MR) is 154 cm³/mol. The van der Waals surface area contributed by atoms with Crippen LogP contribution in [0.3, 0.4) is 0 Å². The fourth-order valence-electron chi connectivity index (χ4n) is 5.36. The number of halogens is 3. The van der Waals surface area contributed by atoms with Crippen LogP contribution in [-0.2, 0) is 6.18 Å². The number of urea groups is 1. The molecule has 1 aliphatic heterocycles. The molecule has 42 heavy (non-hydrogen) atoms. The lowest BCUT2D eigenvalue weighted by Gasteiger charge is -2.40. The van der Waals surface area contributed by atoms with Crippen LogP contribution in [0.5, 0.6) is 5.75 Å². The number of nitrogens with zero attached hydrogens (tertiary/aromatic N) is 6. The molecule has 1 saturated carbocycles. The van der Waals surface area contributed by atoms with Crippen LogP contribution < -0.4 is 14.5 Å². The number of anilines is 2. The molecule has 0 N–H and O–H groups in total. The van der Waals surface area contributed by atoms with E-state index in [0.29, 0.717) is 63.3 Å². The second kappa shape index (κ2) is 12.2. The predicted octanol–water partition coefficient (Wildman–Crippen LogP) is 5.81. The van der Waals surface area contributed by atoms with Crippen molar-refractivity contribution in [3.8, 4) is 5.75 Å². The maximum absolute atomic E-state index is 13.5. The third kappa shape index (κ3) is 7.16. The number of alkyl halides is 3. The van der Waals surface area contributed by atoms with Crippen molar-refractivity contribution in [3.63, 3.8) is 0 Å². The first-order chi connectivity index (χ1) is 19.6. The van der Waals surface area contributed by atoms with Gasteiger partial charge in [0.15, 0.2) is 0 Å². The monoisotopic (exact) mass is 592 g/mol. The lowest BCUT2D eigenvalue weighted by atomic mass is 9.91. The number of nitro benzene ring substituents is 1. The van der Waals surface area contributed by atoms with E-state index in [9.17, 15) is 28.1 Å². The summed E-state index contributed by atoms with van der Waals surface area (Å²) in [5.41, 5.74) is -2.15. The van der Waals surface area contributed by atoms with E-state index in [4.69, 9.17) is 4.74 Å². The van der Waals surface area contributed by atoms with Crippen molar-refractivity contribution in [2.75, 3.05) is 50.1 Å². The number of ether oxygens (including phenoxy) is 1. The molecular formula is C29H39F3N6O4. The molecule has 2 aliphatic rings. The van der Waals surface area contributed by atoms with Crippen LogP contribution in [0, 0.1) is 10.1 Å². The maximum atomic E-state index is 13.5. The van der Waals surface area contributed by atoms with E-state index in [0.717, 1.165) is 18.0 Å². The second-order valence-corrected chi connectivity index (χ2v) is 12.0. The fraction of sp³-hybridized carbons (Fsp3) is 0.586. The number of carbonyl (C=O) groups is 1. The van der Waals surface area contributed by atoms with Gasteiger partial charge in [-0.1, -0.05) is 0 Å². The van der Waals surface area contributed by atoms with Gasteiger partial charge in [-0.05, 0) is 64.7 Å². The Morgan fingerprint density at radius 3 is 2.24 bits per heavy atom. The van der Waals surface area contributed by atoms with E-state index in [2.05, 4.69) is 9.88 Å². The molecule has 0 unspecified atom stereocenters. The molecule has 0 bridgehead atoms. The summed E-state index contributed by atoms with van der Waals surface area (Å²) >= 11 is 0. The molecule has 230 valence electrons. The molecular weight excluding hydrogens is 553 g/mol. The Bertz CT molecular complexity index is 1270. The van der Waals surface area contributed by atoms with Crippen LogP contribution in [0.4, 0.5) is 35.2 Å². The van der Waals surface area contributed by atoms with E-state index in [1.54, 1.807) is 23.0 Å². The number of hydrogen-bond donors (Lipinski definition) is 0. The Kier molecular flexibility index (Phi) is 9.07. The maximum Gasteiger partial charge on any atom is 0.423 e. The lowest BCUT2D eigenvalue weighted by Crippen LogP contribution is -2.55. The van der Waals surface area contributed by atoms with Gasteiger partial charge in [-0.15, -0.1) is 0 Å². The minimum absolute atomic E-state index is 0.0165. The molecule has 0 spiro atoms. The Hall–Kier alpha value is -3.77. The van der Waals surface area contributed by atoms with Crippen molar-refractivity contribution in [2.24, 2.45) is 0 Å². The summed E-state index contributed by atoms with van der Waals surface area (Å²) in [7, 11) is 3.54. The molecule has 0 atom stereocenters. The minimum Gasteiger partial charge on any atom is -0.490 e. The van der Waals surface area contributed by atoms with Gasteiger partial charge in [0, 0.05) is 75.9 Å². The summed E-state index contributed by atoms with van der Waals surface area (Å²) in [4.78, 5) is 34.9. The molecule has 2 fully saturated rings. The highest BCUT2D eigenvalue weighted by Gasteiger charge is 2.39. The first kappa shape index (κ1) is 31.2. The second-order valence-electron chi connectivity index (χ2n) is 12.0. The molecule has 1 aliphatic carbocycles. The molecule has 1 aromatic carbocycles. The van der Waals surface area contributed by atoms with E-state index in [1.807, 2.05) is 44.9 Å². The highest BCUT2D eigenvalue weighted by Crippen LogP contribution is 2.39. The third-order valence-corrected chi connectivity index (χ3v) is 8.27. The van der Waals surface area contributed by atoms with E-state index >= 15 is 0 Å². The zero-order valence-corrected chi connectivity index (χ0v) is 24.7. The first-order valence-electron chi connectivity index (χ1n) is 14.1. The quantitative estimate of drug-likeness (QED) is 0.309. The first-order valence-corrected chi connectivity index (χ1v) is 14.1. The number of pyridine rings is 1. The molecule has 2 aromatic rings. The van der Waals surface area contributed by atoms with Gasteiger partial charge in [-0.2, -0.15) is 13.2 Å². The summed E-state index contributed by atoms with van der Waals surface area (Å²) in [6.45, 7) is 8.55. The number of piperazine rings is 1. The van der Waals surface area contributed by atoms with Crippen molar-refractivity contribution in [2.45, 2.75) is 70.3 Å². The van der Waals surface area contributed by atoms with Gasteiger partial charge in [-0.25, -0.2) is 9.78 Å². The van der Waals surface area contributed by atoms with Gasteiger partial charge >= 0.3 is 12.2 Å². The summed E-state index contributed by atoms with van der Waals surface area (Å²) in [6.07, 6.45) is -0.312. The van der Waals surface area contributed by atoms with E-state index in [-0.39, 0.29) is 23.7 Å². The lowest BCUT2D eigenvalue weighted by molar-refractivity contribution is -0.388. The van der Waals surface area contributed by atoms with Crippen molar-refractivity contribution < 1.29 is 27.6 Å². The molecule has 13 heteroatoms. The Balaban J connectivity index is 1.31. The standard InChI is InChI=1S/C29H39F3N6O4/c1-28(2,3)35(5)27(39)37-16-14-36(15-17-37)26-19-23(12-13-33-26)42-22-9-6-20(7-10-22)34(4)21-8-11-25(38(40)41)24(18-21)29(30,31)32/h8,11-13,18-20,22H,6-7,9-10,14-17H2,1-5H3/t20-,22-.